The van der Waals surface area contributed by atoms with E-state index in [1.807, 2.05) is 6.07 Å². The number of anilines is 1. The van der Waals surface area contributed by atoms with E-state index in [0.29, 0.717) is 45.3 Å². The average molecular weight is 578 g/mol. The van der Waals surface area contributed by atoms with Crippen LogP contribution in [0.25, 0.3) is 27.8 Å². The summed E-state index contributed by atoms with van der Waals surface area (Å²) in [7, 11) is 0. The normalized spacial score (nSPS) is 11.3. The van der Waals surface area contributed by atoms with E-state index in [9.17, 15) is 14.9 Å². The number of nitrogens with zero attached hydrogens (tertiary/aromatic N) is 2. The summed E-state index contributed by atoms with van der Waals surface area (Å²) in [5, 5.41) is 15.7. The highest BCUT2D eigenvalue weighted by molar-refractivity contribution is 9.10. The van der Waals surface area contributed by atoms with E-state index < -0.39 is 5.63 Å². The van der Waals surface area contributed by atoms with E-state index in [2.05, 4.69) is 39.2 Å². The molecule has 37 heavy (non-hydrogen) atoms. The van der Waals surface area contributed by atoms with Gasteiger partial charge in [0.1, 0.15) is 22.2 Å². The van der Waals surface area contributed by atoms with Gasteiger partial charge in [-0.1, -0.05) is 42.1 Å². The fraction of sp³-hybridized carbons (Fsp3) is 0.214. The molecule has 0 unspecified atom stereocenters. The molecule has 0 amide bonds. The minimum Gasteiger partial charge on any atom is -0.462 e. The van der Waals surface area contributed by atoms with Gasteiger partial charge in [-0.25, -0.2) is 14.6 Å². The molecule has 4 aromatic rings. The van der Waals surface area contributed by atoms with Crippen LogP contribution in [0.5, 0.6) is 0 Å². The minimum absolute atomic E-state index is 0.305. The van der Waals surface area contributed by atoms with Gasteiger partial charge in [-0.3, -0.25) is 0 Å². The lowest BCUT2D eigenvalue weighted by Gasteiger charge is -2.06. The van der Waals surface area contributed by atoms with E-state index in [-0.39, 0.29) is 5.97 Å². The molecule has 0 aliphatic rings. The average Bonchev–Trinajstić information content (AvgIpc) is 3.39. The number of rotatable bonds is 10. The largest absolute Gasteiger partial charge is 0.462 e. The number of unbranched alkanes of at least 4 members (excludes halogenated alkanes) is 3. The molecule has 0 atom stereocenters. The summed E-state index contributed by atoms with van der Waals surface area (Å²) in [5.74, 6) is -0.350. The van der Waals surface area contributed by atoms with Gasteiger partial charge in [-0.15, -0.1) is 11.3 Å². The lowest BCUT2D eigenvalue weighted by Crippen LogP contribution is -2.06. The number of benzene rings is 2. The summed E-state index contributed by atoms with van der Waals surface area (Å²) < 4.78 is 11.6. The van der Waals surface area contributed by atoms with Gasteiger partial charge in [-0.2, -0.15) is 5.26 Å². The van der Waals surface area contributed by atoms with E-state index in [0.717, 1.165) is 35.5 Å². The van der Waals surface area contributed by atoms with Gasteiger partial charge in [0.05, 0.1) is 23.4 Å². The summed E-state index contributed by atoms with van der Waals surface area (Å²) in [6.07, 6.45) is 5.73. The van der Waals surface area contributed by atoms with Crippen LogP contribution in [0.4, 0.5) is 5.69 Å². The number of hydrogen-bond acceptors (Lipinski definition) is 8. The molecule has 9 heteroatoms. The number of carbonyl (C=O) groups is 1. The van der Waals surface area contributed by atoms with Crippen LogP contribution >= 0.6 is 27.3 Å². The fourth-order valence-electron chi connectivity index (χ4n) is 3.57. The number of hydrogen-bond donors (Lipinski definition) is 1. The number of carbonyl (C=O) groups excluding carboxylic acids is 1. The van der Waals surface area contributed by atoms with Crippen LogP contribution in [-0.4, -0.2) is 17.6 Å². The molecule has 0 spiro atoms. The minimum atomic E-state index is -0.494. The van der Waals surface area contributed by atoms with Crippen LogP contribution in [0.15, 0.2) is 73.8 Å². The third kappa shape index (κ3) is 6.73. The predicted octanol–water partition coefficient (Wildman–Crippen LogP) is 7.39. The second kappa shape index (κ2) is 12.5. The molecular formula is C28H24BrN3O4S. The zero-order chi connectivity index (χ0) is 26.2. The number of halogens is 1. The van der Waals surface area contributed by atoms with Crippen LogP contribution in [0.1, 0.15) is 48.0 Å². The summed E-state index contributed by atoms with van der Waals surface area (Å²) in [5.41, 5.74) is 2.23. The van der Waals surface area contributed by atoms with Crippen LogP contribution < -0.4 is 10.9 Å². The molecule has 188 valence electrons. The lowest BCUT2D eigenvalue weighted by atomic mass is 10.1. The molecule has 7 nitrogen and oxygen atoms in total. The summed E-state index contributed by atoms with van der Waals surface area (Å²) in [6.45, 7) is 2.55. The van der Waals surface area contributed by atoms with Crippen molar-refractivity contribution in [2.75, 3.05) is 11.9 Å². The van der Waals surface area contributed by atoms with Gasteiger partial charge in [0, 0.05) is 27.1 Å². The number of nitriles is 1. The third-order valence-electron chi connectivity index (χ3n) is 5.56. The summed E-state index contributed by atoms with van der Waals surface area (Å²) in [6, 6.07) is 16.1. The Kier molecular flexibility index (Phi) is 8.88. The van der Waals surface area contributed by atoms with Crippen molar-refractivity contribution in [3.63, 3.8) is 0 Å². The van der Waals surface area contributed by atoms with Crippen molar-refractivity contribution < 1.29 is 13.9 Å². The Morgan fingerprint density at radius 3 is 2.76 bits per heavy atom. The van der Waals surface area contributed by atoms with Gasteiger partial charge >= 0.3 is 11.6 Å². The third-order valence-corrected chi connectivity index (χ3v) is 6.93. The number of fused-ring (bicyclic) bond motifs is 1. The molecular weight excluding hydrogens is 554 g/mol. The first-order valence-electron chi connectivity index (χ1n) is 11.8. The number of thiazole rings is 1. The standard InChI is InChI=1S/C28H24BrN3O4S/c1-2-3-4-5-12-35-27(33)18-6-9-22(10-7-18)31-16-20(15-30)26-32-24(17-37-26)23-14-19-13-21(29)8-11-25(19)36-28(23)34/h6-11,13-14,16-17,31H,2-5,12H2,1H3/b20-16-. The van der Waals surface area contributed by atoms with Crippen LogP contribution in [0.2, 0.25) is 0 Å². The van der Waals surface area contributed by atoms with Gasteiger partial charge in [0.2, 0.25) is 0 Å². The van der Waals surface area contributed by atoms with Crippen molar-refractivity contribution in [1.82, 2.24) is 4.98 Å². The van der Waals surface area contributed by atoms with Crippen molar-refractivity contribution in [3.8, 4) is 17.3 Å². The van der Waals surface area contributed by atoms with E-state index >= 15 is 0 Å². The Hall–Kier alpha value is -3.74. The van der Waals surface area contributed by atoms with Crippen LogP contribution in [-0.2, 0) is 4.74 Å². The maximum absolute atomic E-state index is 12.5. The molecule has 2 heterocycles. The molecule has 0 fully saturated rings. The molecule has 2 aromatic carbocycles. The molecule has 4 rings (SSSR count). The molecule has 0 saturated heterocycles. The quantitative estimate of drug-likeness (QED) is 0.0905. The highest BCUT2D eigenvalue weighted by Crippen LogP contribution is 2.27. The van der Waals surface area contributed by atoms with Gasteiger partial charge in [0.25, 0.3) is 0 Å². The first kappa shape index (κ1) is 26.3. The number of esters is 1. The Morgan fingerprint density at radius 1 is 1.19 bits per heavy atom. The Bertz CT molecular complexity index is 1530. The van der Waals surface area contributed by atoms with Gasteiger partial charge in [-0.05, 0) is 55.0 Å². The highest BCUT2D eigenvalue weighted by Gasteiger charge is 2.14. The molecule has 0 saturated carbocycles. The predicted molar refractivity (Wildman–Crippen MR) is 149 cm³/mol. The number of aromatic nitrogens is 1. The molecule has 1 N–H and O–H groups in total. The molecule has 0 aliphatic carbocycles. The van der Waals surface area contributed by atoms with Crippen molar-refractivity contribution in [1.29, 1.82) is 5.26 Å². The van der Waals surface area contributed by atoms with Crippen molar-refractivity contribution >= 4 is 55.5 Å². The van der Waals surface area contributed by atoms with Gasteiger partial charge in [0.15, 0.2) is 0 Å². The number of nitrogens with one attached hydrogen (secondary N) is 1. The first-order valence-corrected chi connectivity index (χ1v) is 13.5. The Morgan fingerprint density at radius 2 is 2.00 bits per heavy atom. The topological polar surface area (TPSA) is 105 Å². The van der Waals surface area contributed by atoms with Crippen molar-refractivity contribution in [2.45, 2.75) is 32.6 Å². The van der Waals surface area contributed by atoms with Crippen LogP contribution in [0.3, 0.4) is 0 Å². The lowest BCUT2D eigenvalue weighted by molar-refractivity contribution is 0.0498. The van der Waals surface area contributed by atoms with Crippen LogP contribution in [0, 0.1) is 11.3 Å². The SMILES string of the molecule is CCCCCCOC(=O)c1ccc(N/C=C(/C#N)c2nc(-c3cc4cc(Br)ccc4oc3=O)cs2)cc1. The molecule has 0 aliphatic heterocycles. The zero-order valence-electron chi connectivity index (χ0n) is 20.1. The number of allylic oxidation sites excluding steroid dienone is 1. The van der Waals surface area contributed by atoms with E-state index in [4.69, 9.17) is 9.15 Å². The first-order chi connectivity index (χ1) is 18.0. The van der Waals surface area contributed by atoms with Crippen molar-refractivity contribution in [2.24, 2.45) is 0 Å². The monoisotopic (exact) mass is 577 g/mol. The maximum Gasteiger partial charge on any atom is 0.345 e. The Labute approximate surface area is 226 Å². The second-order valence-corrected chi connectivity index (χ2v) is 10.0. The van der Waals surface area contributed by atoms with Crippen molar-refractivity contribution in [3.05, 3.63) is 85.6 Å². The van der Waals surface area contributed by atoms with Gasteiger partial charge < -0.3 is 14.5 Å². The molecule has 2 aromatic heterocycles. The highest BCUT2D eigenvalue weighted by atomic mass is 79.9. The summed E-state index contributed by atoms with van der Waals surface area (Å²) in [4.78, 5) is 29.2. The fourth-order valence-corrected chi connectivity index (χ4v) is 4.74. The molecule has 0 bridgehead atoms. The smallest absolute Gasteiger partial charge is 0.345 e. The summed E-state index contributed by atoms with van der Waals surface area (Å²) >= 11 is 4.68. The zero-order valence-corrected chi connectivity index (χ0v) is 22.5. The second-order valence-electron chi connectivity index (χ2n) is 8.26. The maximum atomic E-state index is 12.5. The van der Waals surface area contributed by atoms with E-state index in [1.165, 1.54) is 11.3 Å². The Balaban J connectivity index is 1.44. The number of ether oxygens (including phenoxy) is 1. The van der Waals surface area contributed by atoms with E-state index in [1.54, 1.807) is 54.0 Å². The molecule has 0 radical (unpaired) electrons.